The van der Waals surface area contributed by atoms with Gasteiger partial charge in [-0.1, -0.05) is 30.3 Å². The summed E-state index contributed by atoms with van der Waals surface area (Å²) in [4.78, 5) is 9.71. The van der Waals surface area contributed by atoms with Gasteiger partial charge in [0.25, 0.3) is 0 Å². The van der Waals surface area contributed by atoms with Gasteiger partial charge in [-0.15, -0.1) is 5.10 Å². The maximum Gasteiger partial charge on any atom is 0.247 e. The molecular weight excluding hydrogens is 400 g/mol. The van der Waals surface area contributed by atoms with Gasteiger partial charge in [0.1, 0.15) is 0 Å². The normalized spacial score (nSPS) is 21.4. The number of benzene rings is 1. The van der Waals surface area contributed by atoms with Gasteiger partial charge in [-0.25, -0.2) is 4.52 Å². The minimum absolute atomic E-state index is 0.562. The Hall–Kier alpha value is -3.23. The first-order valence-electron chi connectivity index (χ1n) is 11.2. The van der Waals surface area contributed by atoms with Gasteiger partial charge in [0.15, 0.2) is 5.65 Å². The van der Waals surface area contributed by atoms with Crippen molar-refractivity contribution < 1.29 is 0 Å². The zero-order valence-electron chi connectivity index (χ0n) is 18.5. The predicted octanol–water partition coefficient (Wildman–Crippen LogP) is 2.87. The molecule has 32 heavy (non-hydrogen) atoms. The van der Waals surface area contributed by atoms with E-state index in [1.807, 2.05) is 29.9 Å². The fourth-order valence-corrected chi connectivity index (χ4v) is 5.28. The maximum atomic E-state index is 4.68. The summed E-state index contributed by atoms with van der Waals surface area (Å²) >= 11 is 0. The van der Waals surface area contributed by atoms with E-state index in [9.17, 15) is 0 Å². The third kappa shape index (κ3) is 3.65. The van der Waals surface area contributed by atoms with Gasteiger partial charge in [0, 0.05) is 51.5 Å². The van der Waals surface area contributed by atoms with Crippen LogP contribution in [0.15, 0.2) is 54.9 Å². The smallest absolute Gasteiger partial charge is 0.247 e. The second-order valence-electron chi connectivity index (χ2n) is 9.28. The second-order valence-corrected chi connectivity index (χ2v) is 9.28. The van der Waals surface area contributed by atoms with E-state index in [1.165, 1.54) is 31.7 Å². The lowest BCUT2D eigenvalue weighted by atomic mass is 10.0. The summed E-state index contributed by atoms with van der Waals surface area (Å²) in [5.41, 5.74) is 5.21. The zero-order valence-corrected chi connectivity index (χ0v) is 18.5. The van der Waals surface area contributed by atoms with Crippen LogP contribution >= 0.6 is 0 Å². The van der Waals surface area contributed by atoms with E-state index in [0.717, 1.165) is 41.0 Å². The van der Waals surface area contributed by atoms with E-state index >= 15 is 0 Å². The first-order chi connectivity index (χ1) is 15.6. The molecule has 2 fully saturated rings. The van der Waals surface area contributed by atoms with Crippen LogP contribution in [0.4, 0.5) is 11.6 Å². The Balaban J connectivity index is 1.19. The molecule has 0 amide bonds. The molecule has 2 aliphatic rings. The molecule has 0 aliphatic carbocycles. The minimum atomic E-state index is 0.562. The first-order valence-corrected chi connectivity index (χ1v) is 11.2. The average molecular weight is 429 g/mol. The van der Waals surface area contributed by atoms with Crippen LogP contribution in [0, 0.1) is 11.8 Å². The van der Waals surface area contributed by atoms with Crippen LogP contribution < -0.4 is 5.32 Å². The molecule has 8 heteroatoms. The van der Waals surface area contributed by atoms with Crippen LogP contribution in [0.3, 0.4) is 0 Å². The van der Waals surface area contributed by atoms with Crippen LogP contribution in [0.2, 0.25) is 0 Å². The standard InChI is InChI=1S/C24H28N8/c1-29-12-19-14-31(15-20(19)13-29)11-17-6-8-18(9-7-17)22-4-3-5-23-27-24(28-32(22)23)26-21-10-25-30(2)16-21/h3-10,16,19-20H,11-15H2,1-2H3,(H,26,28). The Morgan fingerprint density at radius 2 is 1.75 bits per heavy atom. The number of nitrogens with one attached hydrogen (secondary N) is 1. The van der Waals surface area contributed by atoms with Crippen molar-refractivity contribution >= 4 is 17.3 Å². The van der Waals surface area contributed by atoms with E-state index in [0.29, 0.717) is 5.95 Å². The van der Waals surface area contributed by atoms with Crippen molar-refractivity contribution in [3.05, 3.63) is 60.4 Å². The summed E-state index contributed by atoms with van der Waals surface area (Å²) in [6.45, 7) is 5.98. The highest BCUT2D eigenvalue weighted by molar-refractivity contribution is 5.64. The Morgan fingerprint density at radius 1 is 0.969 bits per heavy atom. The van der Waals surface area contributed by atoms with Gasteiger partial charge in [-0.2, -0.15) is 10.1 Å². The molecule has 2 aliphatic heterocycles. The van der Waals surface area contributed by atoms with Crippen molar-refractivity contribution in [2.45, 2.75) is 6.54 Å². The number of rotatable bonds is 5. The van der Waals surface area contributed by atoms with Gasteiger partial charge in [0.05, 0.1) is 17.6 Å². The molecule has 1 N–H and O–H groups in total. The minimum Gasteiger partial charge on any atom is -0.320 e. The van der Waals surface area contributed by atoms with E-state index < -0.39 is 0 Å². The molecular formula is C24H28N8. The lowest BCUT2D eigenvalue weighted by molar-refractivity contribution is 0.272. The van der Waals surface area contributed by atoms with Crippen LogP contribution in [-0.4, -0.2) is 67.4 Å². The lowest BCUT2D eigenvalue weighted by Crippen LogP contribution is -2.26. The summed E-state index contributed by atoms with van der Waals surface area (Å²) in [6.07, 6.45) is 3.66. The number of hydrogen-bond acceptors (Lipinski definition) is 6. The van der Waals surface area contributed by atoms with Crippen molar-refractivity contribution in [1.29, 1.82) is 0 Å². The van der Waals surface area contributed by atoms with Gasteiger partial charge in [-0.05, 0) is 36.6 Å². The molecule has 3 aromatic heterocycles. The molecule has 0 spiro atoms. The highest BCUT2D eigenvalue weighted by Gasteiger charge is 2.38. The number of nitrogens with zero attached hydrogens (tertiary/aromatic N) is 7. The van der Waals surface area contributed by atoms with E-state index in [4.69, 9.17) is 0 Å². The van der Waals surface area contributed by atoms with Crippen LogP contribution in [0.5, 0.6) is 0 Å². The predicted molar refractivity (Wildman–Crippen MR) is 125 cm³/mol. The molecule has 5 heterocycles. The summed E-state index contributed by atoms with van der Waals surface area (Å²) in [5.74, 6) is 2.25. The van der Waals surface area contributed by atoms with Crippen molar-refractivity contribution in [3.8, 4) is 11.3 Å². The fourth-order valence-electron chi connectivity index (χ4n) is 5.28. The highest BCUT2D eigenvalue weighted by atomic mass is 15.4. The molecule has 0 radical (unpaired) electrons. The molecule has 2 saturated heterocycles. The SMILES string of the molecule is CN1CC2CN(Cc3ccc(-c4cccc5nc(Nc6cnn(C)c6)nn45)cc3)CC2C1. The molecule has 8 nitrogen and oxygen atoms in total. The van der Waals surface area contributed by atoms with Crippen molar-refractivity contribution in [1.82, 2.24) is 34.2 Å². The second kappa shape index (κ2) is 7.72. The third-order valence-corrected chi connectivity index (χ3v) is 6.72. The molecule has 2 atom stereocenters. The van der Waals surface area contributed by atoms with E-state index in [2.05, 4.69) is 67.7 Å². The maximum absolute atomic E-state index is 4.68. The molecule has 164 valence electrons. The van der Waals surface area contributed by atoms with Gasteiger partial charge in [0.2, 0.25) is 5.95 Å². The van der Waals surface area contributed by atoms with Crippen LogP contribution in [-0.2, 0) is 13.6 Å². The molecule has 2 unspecified atom stereocenters. The summed E-state index contributed by atoms with van der Waals surface area (Å²) in [5, 5.41) is 12.1. The van der Waals surface area contributed by atoms with Crippen molar-refractivity contribution in [2.24, 2.45) is 18.9 Å². The van der Waals surface area contributed by atoms with Gasteiger partial charge in [-0.3, -0.25) is 9.58 Å². The number of aromatic nitrogens is 5. The quantitative estimate of drug-likeness (QED) is 0.527. The van der Waals surface area contributed by atoms with Crippen LogP contribution in [0.1, 0.15) is 5.56 Å². The summed E-state index contributed by atoms with van der Waals surface area (Å²) in [6, 6.07) is 15.0. The summed E-state index contributed by atoms with van der Waals surface area (Å²) < 4.78 is 3.64. The Bertz CT molecular complexity index is 1230. The average Bonchev–Trinajstić information content (AvgIpc) is 3.52. The van der Waals surface area contributed by atoms with Crippen molar-refractivity contribution in [2.75, 3.05) is 38.5 Å². The molecule has 0 bridgehead atoms. The highest BCUT2D eigenvalue weighted by Crippen LogP contribution is 2.31. The number of aryl methyl sites for hydroxylation is 1. The topological polar surface area (TPSA) is 66.5 Å². The fraction of sp³-hybridized carbons (Fsp3) is 0.375. The summed E-state index contributed by atoms with van der Waals surface area (Å²) in [7, 11) is 4.13. The number of anilines is 2. The van der Waals surface area contributed by atoms with E-state index in [1.54, 1.807) is 10.9 Å². The zero-order chi connectivity index (χ0) is 21.7. The monoisotopic (exact) mass is 428 g/mol. The Morgan fingerprint density at radius 3 is 2.47 bits per heavy atom. The molecule has 1 aromatic carbocycles. The Kier molecular flexibility index (Phi) is 4.69. The number of hydrogen-bond donors (Lipinski definition) is 1. The lowest BCUT2D eigenvalue weighted by Gasteiger charge is -2.19. The van der Waals surface area contributed by atoms with Crippen molar-refractivity contribution in [3.63, 3.8) is 0 Å². The molecule has 6 rings (SSSR count). The number of pyridine rings is 1. The third-order valence-electron chi connectivity index (χ3n) is 6.72. The van der Waals surface area contributed by atoms with E-state index in [-0.39, 0.29) is 0 Å². The Labute approximate surface area is 187 Å². The number of fused-ring (bicyclic) bond motifs is 2. The first kappa shape index (κ1) is 19.5. The van der Waals surface area contributed by atoms with Crippen LogP contribution in [0.25, 0.3) is 16.9 Å². The molecule has 4 aromatic rings. The van der Waals surface area contributed by atoms with Gasteiger partial charge < -0.3 is 10.2 Å². The largest absolute Gasteiger partial charge is 0.320 e. The molecule has 0 saturated carbocycles. The van der Waals surface area contributed by atoms with Gasteiger partial charge >= 0.3 is 0 Å². The number of likely N-dealkylation sites (tertiary alicyclic amines) is 2.